The van der Waals surface area contributed by atoms with Crippen molar-refractivity contribution in [1.82, 2.24) is 25.0 Å². The number of nitrogens with zero attached hydrogens (tertiary/aromatic N) is 4. The molecule has 4 rings (SSSR count). The summed E-state index contributed by atoms with van der Waals surface area (Å²) in [6.45, 7) is 1.89. The van der Waals surface area contributed by atoms with Crippen LogP contribution in [-0.2, 0) is 12.6 Å². The van der Waals surface area contributed by atoms with Gasteiger partial charge < -0.3 is 0 Å². The minimum Gasteiger partial charge on any atom is -0.298 e. The van der Waals surface area contributed by atoms with E-state index in [1.54, 1.807) is 0 Å². The Labute approximate surface area is 193 Å². The number of carbonyl (C=O) groups is 1. The van der Waals surface area contributed by atoms with Crippen LogP contribution in [0.2, 0.25) is 5.02 Å². The first-order valence-corrected chi connectivity index (χ1v) is 10.5. The Bertz CT molecular complexity index is 1370. The lowest BCUT2D eigenvalue weighted by molar-refractivity contribution is -0.143. The minimum absolute atomic E-state index is 0.135. The molecule has 2 N–H and O–H groups in total. The largest absolute Gasteiger partial charge is 0.434 e. The summed E-state index contributed by atoms with van der Waals surface area (Å²) in [7, 11) is 0. The van der Waals surface area contributed by atoms with Crippen molar-refractivity contribution in [3.05, 3.63) is 85.4 Å². The number of halogens is 4. The van der Waals surface area contributed by atoms with Crippen LogP contribution in [0.4, 0.5) is 18.3 Å². The fourth-order valence-corrected chi connectivity index (χ4v) is 4.02. The van der Waals surface area contributed by atoms with Crippen LogP contribution >= 0.6 is 22.9 Å². The fraction of sp³-hybridized carbons (Fsp3) is 0.150. The van der Waals surface area contributed by atoms with Gasteiger partial charge in [-0.25, -0.2) is 14.8 Å². The first-order chi connectivity index (χ1) is 15.6. The van der Waals surface area contributed by atoms with Crippen molar-refractivity contribution in [2.45, 2.75) is 19.5 Å². The number of anilines is 1. The number of aromatic nitrogens is 5. The predicted octanol–water partition coefficient (Wildman–Crippen LogP) is 4.24. The van der Waals surface area contributed by atoms with Gasteiger partial charge in [0.05, 0.1) is 11.8 Å². The molecule has 0 saturated carbocycles. The van der Waals surface area contributed by atoms with Crippen molar-refractivity contribution in [3.8, 4) is 5.82 Å². The lowest BCUT2D eigenvalue weighted by Gasteiger charge is -2.11. The summed E-state index contributed by atoms with van der Waals surface area (Å²) >= 11 is 7.27. The highest BCUT2D eigenvalue weighted by molar-refractivity contribution is 7.15. The van der Waals surface area contributed by atoms with Crippen LogP contribution in [0.15, 0.2) is 47.5 Å². The van der Waals surface area contributed by atoms with Gasteiger partial charge in [0.2, 0.25) is 0 Å². The maximum atomic E-state index is 13.7. The van der Waals surface area contributed by atoms with Gasteiger partial charge in [-0.2, -0.15) is 23.4 Å². The van der Waals surface area contributed by atoms with E-state index in [4.69, 9.17) is 11.6 Å². The molecule has 0 saturated heterocycles. The van der Waals surface area contributed by atoms with Crippen LogP contribution in [0.25, 0.3) is 5.82 Å². The number of hydrogen-bond acceptors (Lipinski definition) is 6. The lowest BCUT2D eigenvalue weighted by Crippen LogP contribution is -2.21. The quantitative estimate of drug-likeness (QED) is 0.432. The molecule has 0 atom stereocenters. The molecule has 0 radical (unpaired) electrons. The van der Waals surface area contributed by atoms with Crippen LogP contribution in [0.1, 0.15) is 32.1 Å². The van der Waals surface area contributed by atoms with Gasteiger partial charge in [0.1, 0.15) is 0 Å². The van der Waals surface area contributed by atoms with E-state index in [1.807, 2.05) is 30.2 Å². The van der Waals surface area contributed by atoms with E-state index in [0.717, 1.165) is 45.7 Å². The minimum atomic E-state index is -4.92. The second kappa shape index (κ2) is 8.79. The number of thiazole rings is 1. The van der Waals surface area contributed by atoms with Gasteiger partial charge in [-0.3, -0.25) is 14.9 Å². The highest BCUT2D eigenvalue weighted by Gasteiger charge is 2.41. The zero-order valence-electron chi connectivity index (χ0n) is 16.8. The van der Waals surface area contributed by atoms with E-state index >= 15 is 0 Å². The van der Waals surface area contributed by atoms with Gasteiger partial charge in [0.25, 0.3) is 11.5 Å². The molecule has 0 fully saturated rings. The molecule has 1 aromatic carbocycles. The molecule has 4 aromatic rings. The number of nitrogens with one attached hydrogen (secondary N) is 2. The molecule has 0 aliphatic rings. The van der Waals surface area contributed by atoms with Crippen LogP contribution in [0, 0.1) is 6.92 Å². The summed E-state index contributed by atoms with van der Waals surface area (Å²) in [5.74, 6) is -1.33. The first-order valence-electron chi connectivity index (χ1n) is 9.34. The second-order valence-electron chi connectivity index (χ2n) is 6.94. The van der Waals surface area contributed by atoms with E-state index in [2.05, 4.69) is 20.5 Å². The average molecular weight is 495 g/mol. The Morgan fingerprint density at radius 3 is 2.70 bits per heavy atom. The molecule has 33 heavy (non-hydrogen) atoms. The molecule has 1 amide bonds. The molecule has 3 heterocycles. The van der Waals surface area contributed by atoms with Crippen molar-refractivity contribution in [2.75, 3.05) is 5.32 Å². The maximum absolute atomic E-state index is 13.7. The third-order valence-electron chi connectivity index (χ3n) is 4.55. The number of aryl methyl sites for hydroxylation is 1. The Hall–Kier alpha value is -3.51. The van der Waals surface area contributed by atoms with Gasteiger partial charge >= 0.3 is 6.18 Å². The standard InChI is InChI=1S/C20H14ClF3N6O2S/c1-10-2-3-11(7-14(10)21)6-12-8-25-19(33-12)27-18(32)13-9-26-30(17(13)20(22,23)24)15-4-5-16(31)29-28-15/h2-5,7-9H,6H2,1H3,(H,29,31)(H,25,27,32). The van der Waals surface area contributed by atoms with Gasteiger partial charge in [-0.1, -0.05) is 23.7 Å². The lowest BCUT2D eigenvalue weighted by atomic mass is 10.1. The Balaban J connectivity index is 1.57. The molecule has 13 heteroatoms. The smallest absolute Gasteiger partial charge is 0.298 e. The molecule has 0 unspecified atom stereocenters. The van der Waals surface area contributed by atoms with Gasteiger partial charge in [-0.05, 0) is 30.2 Å². The molecule has 8 nitrogen and oxygen atoms in total. The van der Waals surface area contributed by atoms with E-state index in [-0.39, 0.29) is 10.9 Å². The van der Waals surface area contributed by atoms with Crippen molar-refractivity contribution in [2.24, 2.45) is 0 Å². The number of hydrogen-bond donors (Lipinski definition) is 2. The summed E-state index contributed by atoms with van der Waals surface area (Å²) in [5, 5.41) is 12.4. The molecule has 0 aliphatic heterocycles. The normalized spacial score (nSPS) is 11.5. The van der Waals surface area contributed by atoms with E-state index in [1.165, 1.54) is 6.20 Å². The topological polar surface area (TPSA) is 106 Å². The summed E-state index contributed by atoms with van der Waals surface area (Å²) in [6.07, 6.45) is -2.10. The molecule has 170 valence electrons. The number of benzene rings is 1. The van der Waals surface area contributed by atoms with Crippen LogP contribution in [-0.4, -0.2) is 30.9 Å². The van der Waals surface area contributed by atoms with Crippen molar-refractivity contribution >= 4 is 34.0 Å². The van der Waals surface area contributed by atoms with E-state index in [9.17, 15) is 22.8 Å². The predicted molar refractivity (Wildman–Crippen MR) is 116 cm³/mol. The Morgan fingerprint density at radius 1 is 1.24 bits per heavy atom. The molecule has 0 bridgehead atoms. The van der Waals surface area contributed by atoms with Gasteiger partial charge in [-0.15, -0.1) is 11.3 Å². The number of amides is 1. The highest BCUT2D eigenvalue weighted by atomic mass is 35.5. The number of aromatic amines is 1. The van der Waals surface area contributed by atoms with Crippen LogP contribution in [0.3, 0.4) is 0 Å². The highest BCUT2D eigenvalue weighted by Crippen LogP contribution is 2.34. The molecular weight excluding hydrogens is 481 g/mol. The molecule has 3 aromatic heterocycles. The number of H-pyrrole nitrogens is 1. The molecule has 0 aliphatic carbocycles. The van der Waals surface area contributed by atoms with Crippen molar-refractivity contribution in [1.29, 1.82) is 0 Å². The van der Waals surface area contributed by atoms with Crippen LogP contribution in [0.5, 0.6) is 0 Å². The Morgan fingerprint density at radius 2 is 2.03 bits per heavy atom. The van der Waals surface area contributed by atoms with Crippen LogP contribution < -0.4 is 10.9 Å². The monoisotopic (exact) mass is 494 g/mol. The summed E-state index contributed by atoms with van der Waals surface area (Å²) in [4.78, 5) is 28.7. The maximum Gasteiger partial charge on any atom is 0.434 e. The average Bonchev–Trinajstić information content (AvgIpc) is 3.38. The Kier molecular flexibility index (Phi) is 6.04. The van der Waals surface area contributed by atoms with E-state index in [0.29, 0.717) is 16.1 Å². The summed E-state index contributed by atoms with van der Waals surface area (Å²) < 4.78 is 41.7. The molecular formula is C20H14ClF3N6O2S. The van der Waals surface area contributed by atoms with Gasteiger partial charge in [0, 0.05) is 28.6 Å². The SMILES string of the molecule is Cc1ccc(Cc2cnc(NC(=O)c3cnn(-c4ccc(=O)[nH]n4)c3C(F)(F)F)s2)cc1Cl. The van der Waals surface area contributed by atoms with Crippen molar-refractivity contribution < 1.29 is 18.0 Å². The number of carbonyl (C=O) groups excluding carboxylic acids is 1. The summed E-state index contributed by atoms with van der Waals surface area (Å²) in [6, 6.07) is 7.68. The molecule has 0 spiro atoms. The van der Waals surface area contributed by atoms with E-state index < -0.39 is 28.9 Å². The zero-order valence-corrected chi connectivity index (χ0v) is 18.3. The summed E-state index contributed by atoms with van der Waals surface area (Å²) in [5.41, 5.74) is -0.759. The zero-order chi connectivity index (χ0) is 23.8. The second-order valence-corrected chi connectivity index (χ2v) is 8.46. The fourth-order valence-electron chi connectivity index (χ4n) is 2.98. The number of alkyl halides is 3. The number of rotatable bonds is 5. The third-order valence-corrected chi connectivity index (χ3v) is 5.87. The third kappa shape index (κ3) is 4.96. The first kappa shape index (κ1) is 22.7. The van der Waals surface area contributed by atoms with Crippen molar-refractivity contribution in [3.63, 3.8) is 0 Å². The van der Waals surface area contributed by atoms with Gasteiger partial charge in [0.15, 0.2) is 16.6 Å².